The predicted octanol–water partition coefficient (Wildman–Crippen LogP) is 2.50. The lowest BCUT2D eigenvalue weighted by Crippen LogP contribution is -2.42. The zero-order valence-electron chi connectivity index (χ0n) is 13.7. The van der Waals surface area contributed by atoms with Gasteiger partial charge in [-0.1, -0.05) is 18.2 Å². The fraction of sp³-hybridized carbons (Fsp3) is 0.211. The van der Waals surface area contributed by atoms with E-state index in [1.54, 1.807) is 17.0 Å². The molecule has 2 heterocycles. The standard InChI is InChI=1S/C19H17N3O3/c1-13-10-17(19(24)22(13)15-6-3-2-4-7-15)21-18(23)14(12-20)11-16-8-5-9-25-16/h2-9,11,13,17H,10H2,1H3,(H,21,23). The topological polar surface area (TPSA) is 86.3 Å². The summed E-state index contributed by atoms with van der Waals surface area (Å²) in [5.41, 5.74) is 0.692. The van der Waals surface area contributed by atoms with Gasteiger partial charge in [-0.25, -0.2) is 0 Å². The Kier molecular flexibility index (Phi) is 4.66. The van der Waals surface area contributed by atoms with Crippen LogP contribution in [0, 0.1) is 11.3 Å². The average Bonchev–Trinajstić information content (AvgIpc) is 3.22. The number of furan rings is 1. The summed E-state index contributed by atoms with van der Waals surface area (Å²) >= 11 is 0. The molecule has 1 saturated heterocycles. The first-order chi connectivity index (χ1) is 12.1. The maximum atomic E-state index is 12.7. The summed E-state index contributed by atoms with van der Waals surface area (Å²) < 4.78 is 5.12. The predicted molar refractivity (Wildman–Crippen MR) is 92.2 cm³/mol. The molecule has 0 radical (unpaired) electrons. The Morgan fingerprint density at radius 3 is 2.72 bits per heavy atom. The van der Waals surface area contributed by atoms with E-state index in [0.29, 0.717) is 12.2 Å². The van der Waals surface area contributed by atoms with E-state index in [2.05, 4.69) is 5.32 Å². The van der Waals surface area contributed by atoms with Crippen molar-refractivity contribution < 1.29 is 14.0 Å². The molecule has 6 nitrogen and oxygen atoms in total. The largest absolute Gasteiger partial charge is 0.465 e. The lowest BCUT2D eigenvalue weighted by molar-refractivity contribution is -0.124. The average molecular weight is 335 g/mol. The fourth-order valence-corrected chi connectivity index (χ4v) is 2.92. The smallest absolute Gasteiger partial charge is 0.262 e. The molecule has 2 unspecified atom stereocenters. The maximum Gasteiger partial charge on any atom is 0.262 e. The van der Waals surface area contributed by atoms with Crippen molar-refractivity contribution in [1.29, 1.82) is 5.26 Å². The van der Waals surface area contributed by atoms with Crippen LogP contribution in [-0.2, 0) is 9.59 Å². The highest BCUT2D eigenvalue weighted by Crippen LogP contribution is 2.26. The molecule has 2 amide bonds. The van der Waals surface area contributed by atoms with Crippen molar-refractivity contribution >= 4 is 23.6 Å². The SMILES string of the molecule is CC1CC(NC(=O)C(C#N)=Cc2ccco2)C(=O)N1c1ccccc1. The molecule has 1 aliphatic rings. The Morgan fingerprint density at radius 2 is 2.08 bits per heavy atom. The highest BCUT2D eigenvalue weighted by Gasteiger charge is 2.39. The summed E-state index contributed by atoms with van der Waals surface area (Å²) in [7, 11) is 0. The molecule has 0 saturated carbocycles. The molecule has 6 heteroatoms. The Morgan fingerprint density at radius 1 is 1.32 bits per heavy atom. The van der Waals surface area contributed by atoms with Gasteiger partial charge in [-0.15, -0.1) is 0 Å². The number of hydrogen-bond acceptors (Lipinski definition) is 4. The van der Waals surface area contributed by atoms with Crippen LogP contribution in [0.3, 0.4) is 0 Å². The van der Waals surface area contributed by atoms with Crippen molar-refractivity contribution in [3.05, 3.63) is 60.1 Å². The molecule has 3 rings (SSSR count). The van der Waals surface area contributed by atoms with Crippen LogP contribution in [0.2, 0.25) is 0 Å². The van der Waals surface area contributed by atoms with Crippen LogP contribution in [0.5, 0.6) is 0 Å². The first-order valence-corrected chi connectivity index (χ1v) is 7.94. The second-order valence-corrected chi connectivity index (χ2v) is 5.84. The molecule has 126 valence electrons. The van der Waals surface area contributed by atoms with Crippen molar-refractivity contribution in [2.24, 2.45) is 0 Å². The zero-order chi connectivity index (χ0) is 17.8. The van der Waals surface area contributed by atoms with Crippen LogP contribution >= 0.6 is 0 Å². The third kappa shape index (κ3) is 3.45. The van der Waals surface area contributed by atoms with Gasteiger partial charge in [0, 0.05) is 17.8 Å². The molecule has 0 spiro atoms. The van der Waals surface area contributed by atoms with E-state index in [4.69, 9.17) is 4.42 Å². The Hall–Kier alpha value is -3.33. The van der Waals surface area contributed by atoms with Gasteiger partial charge in [-0.05, 0) is 37.6 Å². The molecule has 1 aliphatic heterocycles. The summed E-state index contributed by atoms with van der Waals surface area (Å²) in [6, 6.07) is 13.8. The summed E-state index contributed by atoms with van der Waals surface area (Å²) in [6.07, 6.45) is 3.30. The number of anilines is 1. The molecular formula is C19H17N3O3. The van der Waals surface area contributed by atoms with E-state index >= 15 is 0 Å². The van der Waals surface area contributed by atoms with Gasteiger partial charge in [-0.2, -0.15) is 5.26 Å². The number of amides is 2. The molecule has 1 N–H and O–H groups in total. The number of carbonyl (C=O) groups is 2. The lowest BCUT2D eigenvalue weighted by atomic mass is 10.1. The van der Waals surface area contributed by atoms with Crippen LogP contribution in [0.25, 0.3) is 6.08 Å². The molecule has 2 aromatic rings. The van der Waals surface area contributed by atoms with E-state index in [1.165, 1.54) is 12.3 Å². The molecular weight excluding hydrogens is 318 g/mol. The Bertz CT molecular complexity index is 835. The minimum absolute atomic E-state index is 0.0419. The van der Waals surface area contributed by atoms with E-state index in [9.17, 15) is 14.9 Å². The number of para-hydroxylation sites is 1. The minimum Gasteiger partial charge on any atom is -0.465 e. The van der Waals surface area contributed by atoms with E-state index in [0.717, 1.165) is 5.69 Å². The first-order valence-electron chi connectivity index (χ1n) is 7.94. The molecule has 0 aliphatic carbocycles. The zero-order valence-corrected chi connectivity index (χ0v) is 13.7. The third-order valence-electron chi connectivity index (χ3n) is 4.09. The highest BCUT2D eigenvalue weighted by atomic mass is 16.3. The number of benzene rings is 1. The summed E-state index contributed by atoms with van der Waals surface area (Å²) in [4.78, 5) is 26.7. The first kappa shape index (κ1) is 16.5. The second kappa shape index (κ2) is 7.05. The minimum atomic E-state index is -0.656. The number of nitrogens with zero attached hydrogens (tertiary/aromatic N) is 2. The summed E-state index contributed by atoms with van der Waals surface area (Å²) in [5.74, 6) is -0.356. The van der Waals surface area contributed by atoms with Crippen LogP contribution in [-0.4, -0.2) is 23.9 Å². The summed E-state index contributed by atoms with van der Waals surface area (Å²) in [6.45, 7) is 1.93. The monoisotopic (exact) mass is 335 g/mol. The number of hydrogen-bond donors (Lipinski definition) is 1. The Balaban J connectivity index is 1.74. The van der Waals surface area contributed by atoms with Gasteiger partial charge in [0.1, 0.15) is 23.4 Å². The van der Waals surface area contributed by atoms with E-state index in [-0.39, 0.29) is 17.5 Å². The van der Waals surface area contributed by atoms with Gasteiger partial charge >= 0.3 is 0 Å². The molecule has 25 heavy (non-hydrogen) atoms. The third-order valence-corrected chi connectivity index (χ3v) is 4.09. The van der Waals surface area contributed by atoms with Crippen LogP contribution in [0.4, 0.5) is 5.69 Å². The Labute approximate surface area is 145 Å². The van der Waals surface area contributed by atoms with Crippen LogP contribution in [0.15, 0.2) is 58.7 Å². The van der Waals surface area contributed by atoms with Crippen molar-refractivity contribution in [2.75, 3.05) is 4.90 Å². The van der Waals surface area contributed by atoms with Crippen molar-refractivity contribution in [3.8, 4) is 6.07 Å². The number of rotatable bonds is 4. The summed E-state index contributed by atoms with van der Waals surface area (Å²) in [5, 5.41) is 11.9. The van der Waals surface area contributed by atoms with E-state index in [1.807, 2.05) is 43.3 Å². The lowest BCUT2D eigenvalue weighted by Gasteiger charge is -2.21. The quantitative estimate of drug-likeness (QED) is 0.687. The molecule has 0 bridgehead atoms. The van der Waals surface area contributed by atoms with Gasteiger partial charge in [-0.3, -0.25) is 9.59 Å². The molecule has 1 fully saturated rings. The maximum absolute atomic E-state index is 12.7. The second-order valence-electron chi connectivity index (χ2n) is 5.84. The molecule has 1 aromatic carbocycles. The number of nitriles is 1. The van der Waals surface area contributed by atoms with Gasteiger partial charge in [0.2, 0.25) is 5.91 Å². The van der Waals surface area contributed by atoms with Gasteiger partial charge < -0.3 is 14.6 Å². The van der Waals surface area contributed by atoms with E-state index < -0.39 is 11.9 Å². The number of nitrogens with one attached hydrogen (secondary N) is 1. The van der Waals surface area contributed by atoms with Gasteiger partial charge in [0.15, 0.2) is 0 Å². The number of carbonyl (C=O) groups excluding carboxylic acids is 2. The molecule has 2 atom stereocenters. The van der Waals surface area contributed by atoms with Crippen molar-refractivity contribution in [3.63, 3.8) is 0 Å². The molecule has 1 aromatic heterocycles. The van der Waals surface area contributed by atoms with Crippen molar-refractivity contribution in [1.82, 2.24) is 5.32 Å². The van der Waals surface area contributed by atoms with Gasteiger partial charge in [0.25, 0.3) is 5.91 Å². The van der Waals surface area contributed by atoms with Crippen molar-refractivity contribution in [2.45, 2.75) is 25.4 Å². The van der Waals surface area contributed by atoms with Gasteiger partial charge in [0.05, 0.1) is 6.26 Å². The van der Waals surface area contributed by atoms with Crippen LogP contribution < -0.4 is 10.2 Å². The highest BCUT2D eigenvalue weighted by molar-refractivity contribution is 6.06. The van der Waals surface area contributed by atoms with Crippen LogP contribution in [0.1, 0.15) is 19.1 Å². The fourth-order valence-electron chi connectivity index (χ4n) is 2.92. The normalized spacial score (nSPS) is 20.4.